The number of nitrogen functional groups attached to an aromatic ring is 1. The Kier molecular flexibility index (Phi) is 3.88. The average molecular weight is 263 g/mol. The summed E-state index contributed by atoms with van der Waals surface area (Å²) in [6, 6.07) is 9.44. The Morgan fingerprint density at radius 1 is 1.11 bits per heavy atom. The Morgan fingerprint density at radius 2 is 1.94 bits per heavy atom. The second kappa shape index (κ2) is 5.59. The smallest absolute Gasteiger partial charge is 0.224 e. The second-order valence-electron chi connectivity index (χ2n) is 3.39. The van der Waals surface area contributed by atoms with Crippen molar-refractivity contribution in [3.63, 3.8) is 0 Å². The van der Waals surface area contributed by atoms with Crippen LogP contribution in [-0.4, -0.2) is 24.2 Å². The van der Waals surface area contributed by atoms with Gasteiger partial charge in [-0.15, -0.1) is 0 Å². The highest BCUT2D eigenvalue weighted by molar-refractivity contribution is 7.99. The maximum absolute atomic E-state index is 5.60. The summed E-state index contributed by atoms with van der Waals surface area (Å²) in [6.07, 6.45) is 0. The molecule has 0 amide bonds. The molecule has 0 aliphatic carbocycles. The lowest BCUT2D eigenvalue weighted by atomic mass is 10.3. The zero-order valence-electron chi connectivity index (χ0n) is 10.1. The van der Waals surface area contributed by atoms with Crippen LogP contribution in [0.3, 0.4) is 0 Å². The van der Waals surface area contributed by atoms with Gasteiger partial charge in [-0.2, -0.15) is 4.98 Å². The van der Waals surface area contributed by atoms with E-state index in [2.05, 4.69) is 9.97 Å². The fraction of sp³-hybridized carbons (Fsp3) is 0.167. The molecule has 0 saturated carbocycles. The van der Waals surface area contributed by atoms with Crippen LogP contribution >= 0.6 is 11.8 Å². The lowest BCUT2D eigenvalue weighted by Crippen LogP contribution is -1.98. The first-order valence-electron chi connectivity index (χ1n) is 5.21. The number of rotatable bonds is 4. The van der Waals surface area contributed by atoms with E-state index in [-0.39, 0.29) is 5.95 Å². The third kappa shape index (κ3) is 3.04. The Hall–Kier alpha value is -1.95. The molecule has 0 atom stereocenters. The molecule has 0 radical (unpaired) electrons. The predicted octanol–water partition coefficient (Wildman–Crippen LogP) is 2.23. The lowest BCUT2D eigenvalue weighted by molar-refractivity contribution is 0.396. The summed E-state index contributed by atoms with van der Waals surface area (Å²) in [7, 11) is 3.18. The summed E-state index contributed by atoms with van der Waals surface area (Å²) in [6.45, 7) is 0. The number of aromatic nitrogens is 2. The fourth-order valence-electron chi connectivity index (χ4n) is 1.36. The number of methoxy groups -OCH3 is 2. The monoisotopic (exact) mass is 263 g/mol. The van der Waals surface area contributed by atoms with Gasteiger partial charge >= 0.3 is 0 Å². The van der Waals surface area contributed by atoms with E-state index in [9.17, 15) is 0 Å². The van der Waals surface area contributed by atoms with Crippen LogP contribution in [-0.2, 0) is 0 Å². The van der Waals surface area contributed by atoms with E-state index in [0.717, 1.165) is 15.7 Å². The number of hydrogen-bond acceptors (Lipinski definition) is 6. The van der Waals surface area contributed by atoms with Gasteiger partial charge in [-0.05, 0) is 18.2 Å². The quantitative estimate of drug-likeness (QED) is 0.853. The molecule has 94 valence electrons. The van der Waals surface area contributed by atoms with Crippen LogP contribution in [0.5, 0.6) is 11.6 Å². The minimum absolute atomic E-state index is 0.194. The maximum atomic E-state index is 5.60. The normalized spacial score (nSPS) is 10.1. The highest BCUT2D eigenvalue weighted by Gasteiger charge is 2.05. The van der Waals surface area contributed by atoms with Crippen molar-refractivity contribution in [2.24, 2.45) is 0 Å². The Labute approximate surface area is 109 Å². The van der Waals surface area contributed by atoms with Gasteiger partial charge in [0.15, 0.2) is 0 Å². The highest BCUT2D eigenvalue weighted by Crippen LogP contribution is 2.30. The zero-order chi connectivity index (χ0) is 13.0. The van der Waals surface area contributed by atoms with Gasteiger partial charge in [-0.3, -0.25) is 0 Å². The molecule has 1 heterocycles. The fourth-order valence-corrected chi connectivity index (χ4v) is 2.23. The largest absolute Gasteiger partial charge is 0.497 e. The van der Waals surface area contributed by atoms with Crippen molar-refractivity contribution >= 4 is 17.7 Å². The summed E-state index contributed by atoms with van der Waals surface area (Å²) in [5, 5.41) is 0.729. The number of anilines is 1. The van der Waals surface area contributed by atoms with Crippen LogP contribution in [0.2, 0.25) is 0 Å². The van der Waals surface area contributed by atoms with Crippen molar-refractivity contribution in [1.82, 2.24) is 9.97 Å². The Morgan fingerprint density at radius 3 is 2.67 bits per heavy atom. The number of hydrogen-bond donors (Lipinski definition) is 1. The second-order valence-corrected chi connectivity index (χ2v) is 4.48. The predicted molar refractivity (Wildman–Crippen MR) is 70.1 cm³/mol. The van der Waals surface area contributed by atoms with Gasteiger partial charge in [0, 0.05) is 11.0 Å². The maximum Gasteiger partial charge on any atom is 0.224 e. The van der Waals surface area contributed by atoms with E-state index >= 15 is 0 Å². The summed E-state index contributed by atoms with van der Waals surface area (Å²) >= 11 is 1.47. The average Bonchev–Trinajstić information content (AvgIpc) is 2.38. The summed E-state index contributed by atoms with van der Waals surface area (Å²) < 4.78 is 10.2. The molecular weight excluding hydrogens is 250 g/mol. The molecule has 0 fully saturated rings. The van der Waals surface area contributed by atoms with Crippen molar-refractivity contribution in [2.45, 2.75) is 9.92 Å². The number of ether oxygens (including phenoxy) is 2. The van der Waals surface area contributed by atoms with E-state index in [0.29, 0.717) is 5.88 Å². The Balaban J connectivity index is 2.24. The zero-order valence-corrected chi connectivity index (χ0v) is 10.9. The number of nitrogens with two attached hydrogens (primary N) is 1. The number of benzene rings is 1. The van der Waals surface area contributed by atoms with Gasteiger partial charge < -0.3 is 15.2 Å². The molecule has 0 aliphatic heterocycles. The molecule has 0 aliphatic rings. The minimum atomic E-state index is 0.194. The van der Waals surface area contributed by atoms with E-state index in [1.807, 2.05) is 24.3 Å². The van der Waals surface area contributed by atoms with E-state index < -0.39 is 0 Å². The van der Waals surface area contributed by atoms with Crippen LogP contribution in [0.1, 0.15) is 0 Å². The summed E-state index contributed by atoms with van der Waals surface area (Å²) in [5.41, 5.74) is 5.60. The van der Waals surface area contributed by atoms with Gasteiger partial charge in [0.25, 0.3) is 0 Å². The highest BCUT2D eigenvalue weighted by atomic mass is 32.2. The van der Waals surface area contributed by atoms with Crippen LogP contribution < -0.4 is 15.2 Å². The molecule has 0 bridgehead atoms. The van der Waals surface area contributed by atoms with Gasteiger partial charge in [0.05, 0.1) is 14.2 Å². The van der Waals surface area contributed by atoms with Crippen molar-refractivity contribution < 1.29 is 9.47 Å². The molecule has 6 heteroatoms. The van der Waals surface area contributed by atoms with Crippen LogP contribution in [0.25, 0.3) is 0 Å². The molecule has 0 unspecified atom stereocenters. The van der Waals surface area contributed by atoms with Crippen molar-refractivity contribution in [3.05, 3.63) is 30.3 Å². The topological polar surface area (TPSA) is 70.3 Å². The lowest BCUT2D eigenvalue weighted by Gasteiger charge is -2.05. The minimum Gasteiger partial charge on any atom is -0.497 e. The van der Waals surface area contributed by atoms with E-state index in [4.69, 9.17) is 15.2 Å². The van der Waals surface area contributed by atoms with Crippen molar-refractivity contribution in [2.75, 3.05) is 20.0 Å². The van der Waals surface area contributed by atoms with E-state index in [1.165, 1.54) is 11.8 Å². The van der Waals surface area contributed by atoms with Gasteiger partial charge in [0.1, 0.15) is 10.8 Å². The molecule has 0 spiro atoms. The first-order valence-corrected chi connectivity index (χ1v) is 6.03. The molecular formula is C12H13N3O2S. The molecule has 18 heavy (non-hydrogen) atoms. The van der Waals surface area contributed by atoms with Gasteiger partial charge in [0.2, 0.25) is 11.8 Å². The van der Waals surface area contributed by atoms with Crippen LogP contribution in [0.15, 0.2) is 40.3 Å². The molecule has 1 aromatic carbocycles. The molecule has 2 N–H and O–H groups in total. The third-order valence-corrected chi connectivity index (χ3v) is 3.08. The standard InChI is InChI=1S/C12H13N3O2S/c1-16-8-4-3-5-9(6-8)18-11-7-10(17-2)14-12(13)15-11/h3-7H,1-2H3,(H2,13,14,15). The van der Waals surface area contributed by atoms with E-state index in [1.54, 1.807) is 20.3 Å². The number of nitrogens with zero attached hydrogens (tertiary/aromatic N) is 2. The molecule has 1 aromatic heterocycles. The summed E-state index contributed by atoms with van der Waals surface area (Å²) in [4.78, 5) is 9.08. The van der Waals surface area contributed by atoms with Crippen molar-refractivity contribution in [3.8, 4) is 11.6 Å². The first kappa shape index (κ1) is 12.5. The molecule has 0 saturated heterocycles. The molecule has 2 aromatic rings. The molecule has 2 rings (SSSR count). The third-order valence-electron chi connectivity index (χ3n) is 2.17. The first-order chi connectivity index (χ1) is 8.71. The SMILES string of the molecule is COc1cccc(Sc2cc(OC)nc(N)n2)c1. The van der Waals surface area contributed by atoms with Gasteiger partial charge in [-0.25, -0.2) is 4.98 Å². The molecule has 5 nitrogen and oxygen atoms in total. The Bertz CT molecular complexity index is 549. The van der Waals surface area contributed by atoms with Gasteiger partial charge in [-0.1, -0.05) is 17.8 Å². The van der Waals surface area contributed by atoms with Crippen LogP contribution in [0.4, 0.5) is 5.95 Å². The van der Waals surface area contributed by atoms with Crippen molar-refractivity contribution in [1.29, 1.82) is 0 Å². The van der Waals surface area contributed by atoms with Crippen LogP contribution in [0, 0.1) is 0 Å². The summed E-state index contributed by atoms with van der Waals surface area (Å²) in [5.74, 6) is 1.45.